The summed E-state index contributed by atoms with van der Waals surface area (Å²) in [4.78, 5) is 1.15. The quantitative estimate of drug-likeness (QED) is 0.682. The van der Waals surface area contributed by atoms with Crippen molar-refractivity contribution in [2.45, 2.75) is 12.8 Å². The molecule has 0 bridgehead atoms. The Morgan fingerprint density at radius 3 is 3.07 bits per heavy atom. The van der Waals surface area contributed by atoms with Gasteiger partial charge in [0.1, 0.15) is 13.6 Å². The van der Waals surface area contributed by atoms with Crippen molar-refractivity contribution in [2.24, 2.45) is 0 Å². The zero-order chi connectivity index (χ0) is 9.97. The number of hydrogen-bond acceptors (Lipinski definition) is 1. The molecule has 0 saturated heterocycles. The minimum absolute atomic E-state index is 0.865. The van der Waals surface area contributed by atoms with Gasteiger partial charge in [-0.1, -0.05) is 17.7 Å². The van der Waals surface area contributed by atoms with E-state index in [1.807, 2.05) is 6.07 Å². The predicted octanol–water partition coefficient (Wildman–Crippen LogP) is 3.20. The van der Waals surface area contributed by atoms with E-state index < -0.39 is 0 Å². The number of nitrogens with zero attached hydrogens (tertiary/aromatic N) is 1. The summed E-state index contributed by atoms with van der Waals surface area (Å²) >= 11 is 7.90. The van der Waals surface area contributed by atoms with E-state index in [2.05, 4.69) is 29.1 Å². The lowest BCUT2D eigenvalue weighted by Gasteiger charge is -1.93. The number of rotatable bonds is 2. The molecule has 1 nitrogen and oxygen atoms in total. The molecule has 2 rings (SSSR count). The minimum Gasteiger partial charge on any atom is -0.236 e. The summed E-state index contributed by atoms with van der Waals surface area (Å²) in [5.41, 5.74) is 1.35. The van der Waals surface area contributed by atoms with Crippen molar-refractivity contribution in [2.75, 3.05) is 13.6 Å². The molecular weight excluding hydrogens is 214 g/mol. The third-order valence-electron chi connectivity index (χ3n) is 2.47. The highest BCUT2D eigenvalue weighted by Gasteiger charge is 2.16. The first-order chi connectivity index (χ1) is 6.77. The van der Waals surface area contributed by atoms with Crippen LogP contribution in [0.3, 0.4) is 0 Å². The molecule has 0 atom stereocenters. The number of halogens is 1. The average molecular weight is 227 g/mol. The van der Waals surface area contributed by atoms with Gasteiger partial charge in [-0.05, 0) is 11.4 Å². The average Bonchev–Trinajstić information content (AvgIpc) is 2.77. The fourth-order valence-electron chi connectivity index (χ4n) is 1.65. The van der Waals surface area contributed by atoms with Crippen LogP contribution in [0, 0.1) is 0 Å². The van der Waals surface area contributed by atoms with Crippen LogP contribution in [0.4, 0.5) is 0 Å². The smallest absolute Gasteiger partial charge is 0.177 e. The Kier molecular flexibility index (Phi) is 3.04. The van der Waals surface area contributed by atoms with Gasteiger partial charge in [-0.3, -0.25) is 0 Å². The maximum Gasteiger partial charge on any atom is 0.177 e. The normalized spacial score (nSPS) is 18.0. The van der Waals surface area contributed by atoms with Crippen molar-refractivity contribution in [3.8, 4) is 0 Å². The Bertz CT molecular complexity index is 376. The van der Waals surface area contributed by atoms with Crippen LogP contribution >= 0.6 is 22.9 Å². The standard InChI is InChI=1S/C11H13ClNS/c1-13-6-2-4-9(13)8-10(12)11-5-3-7-14-11/h3,5,7-8H,2,4,6H2,1H3/q+1/b10-8-. The van der Waals surface area contributed by atoms with Crippen molar-refractivity contribution in [1.29, 1.82) is 0 Å². The van der Waals surface area contributed by atoms with E-state index in [-0.39, 0.29) is 0 Å². The van der Waals surface area contributed by atoms with Crippen molar-refractivity contribution < 1.29 is 4.58 Å². The monoisotopic (exact) mass is 226 g/mol. The molecule has 0 N–H and O–H groups in total. The van der Waals surface area contributed by atoms with E-state index in [0.717, 1.165) is 22.9 Å². The molecule has 1 aromatic rings. The summed E-state index contributed by atoms with van der Waals surface area (Å²) in [7, 11) is 2.12. The lowest BCUT2D eigenvalue weighted by atomic mass is 10.2. The van der Waals surface area contributed by atoms with Gasteiger partial charge in [0.05, 0.1) is 5.03 Å². The third kappa shape index (κ3) is 2.07. The minimum atomic E-state index is 0.865. The molecule has 0 aromatic carbocycles. The van der Waals surface area contributed by atoms with Gasteiger partial charge >= 0.3 is 0 Å². The first kappa shape index (κ1) is 9.94. The summed E-state index contributed by atoms with van der Waals surface area (Å²) in [6, 6.07) is 4.08. The summed E-state index contributed by atoms with van der Waals surface area (Å²) in [5, 5.41) is 2.91. The van der Waals surface area contributed by atoms with Crippen LogP contribution < -0.4 is 0 Å². The second kappa shape index (κ2) is 4.28. The van der Waals surface area contributed by atoms with Gasteiger partial charge in [-0.15, -0.1) is 11.3 Å². The maximum absolute atomic E-state index is 6.22. The van der Waals surface area contributed by atoms with Gasteiger partial charge in [0.25, 0.3) is 0 Å². The largest absolute Gasteiger partial charge is 0.236 e. The molecule has 0 fully saturated rings. The molecule has 14 heavy (non-hydrogen) atoms. The first-order valence-electron chi connectivity index (χ1n) is 4.75. The molecule has 2 heterocycles. The highest BCUT2D eigenvalue weighted by atomic mass is 35.5. The Morgan fingerprint density at radius 2 is 2.50 bits per heavy atom. The van der Waals surface area contributed by atoms with E-state index in [0.29, 0.717) is 0 Å². The maximum atomic E-state index is 6.22. The lowest BCUT2D eigenvalue weighted by molar-refractivity contribution is -0.487. The van der Waals surface area contributed by atoms with Crippen LogP contribution in [0.2, 0.25) is 0 Å². The Balaban J connectivity index is 2.23. The summed E-state index contributed by atoms with van der Waals surface area (Å²) in [6.07, 6.45) is 4.50. The van der Waals surface area contributed by atoms with E-state index >= 15 is 0 Å². The van der Waals surface area contributed by atoms with Gasteiger partial charge in [0.15, 0.2) is 5.71 Å². The topological polar surface area (TPSA) is 3.01 Å². The van der Waals surface area contributed by atoms with Gasteiger partial charge in [0, 0.05) is 23.8 Å². The number of hydrogen-bond donors (Lipinski definition) is 0. The molecule has 0 spiro atoms. The molecular formula is C11H13ClNS+. The van der Waals surface area contributed by atoms with E-state index in [1.165, 1.54) is 12.1 Å². The Hall–Kier alpha value is -0.600. The van der Waals surface area contributed by atoms with Crippen LogP contribution in [0.25, 0.3) is 5.03 Å². The lowest BCUT2D eigenvalue weighted by Crippen LogP contribution is -2.06. The molecule has 0 saturated carbocycles. The summed E-state index contributed by atoms with van der Waals surface area (Å²) in [6.45, 7) is 1.15. The number of allylic oxidation sites excluding steroid dienone is 1. The fourth-order valence-corrected chi connectivity index (χ4v) is 2.60. The zero-order valence-corrected chi connectivity index (χ0v) is 9.74. The van der Waals surface area contributed by atoms with Crippen molar-refractivity contribution in [3.05, 3.63) is 28.5 Å². The highest BCUT2D eigenvalue weighted by molar-refractivity contribution is 7.12. The predicted molar refractivity (Wildman–Crippen MR) is 63.4 cm³/mol. The van der Waals surface area contributed by atoms with Crippen molar-refractivity contribution >= 4 is 33.7 Å². The third-order valence-corrected chi connectivity index (χ3v) is 3.79. The molecule has 1 aromatic heterocycles. The van der Waals surface area contributed by atoms with Crippen LogP contribution in [0.15, 0.2) is 23.6 Å². The van der Waals surface area contributed by atoms with E-state index in [4.69, 9.17) is 11.6 Å². The Labute approximate surface area is 93.3 Å². The van der Waals surface area contributed by atoms with E-state index in [9.17, 15) is 0 Å². The van der Waals surface area contributed by atoms with Crippen LogP contribution in [0.1, 0.15) is 17.7 Å². The zero-order valence-electron chi connectivity index (χ0n) is 8.16. The second-order valence-electron chi connectivity index (χ2n) is 3.49. The Morgan fingerprint density at radius 1 is 1.64 bits per heavy atom. The summed E-state index contributed by atoms with van der Waals surface area (Å²) in [5.74, 6) is 0. The van der Waals surface area contributed by atoms with Crippen molar-refractivity contribution in [3.63, 3.8) is 0 Å². The molecule has 74 valence electrons. The highest BCUT2D eigenvalue weighted by Crippen LogP contribution is 2.24. The number of thiophene rings is 1. The molecule has 0 aliphatic carbocycles. The SMILES string of the molecule is C[N+]1=C(/C=C(\Cl)c2cccs2)CCC1. The van der Waals surface area contributed by atoms with Crippen LogP contribution in [-0.4, -0.2) is 23.9 Å². The molecule has 1 aliphatic rings. The molecule has 0 radical (unpaired) electrons. The van der Waals surface area contributed by atoms with Crippen LogP contribution in [-0.2, 0) is 0 Å². The molecule has 0 unspecified atom stereocenters. The van der Waals surface area contributed by atoms with E-state index in [1.54, 1.807) is 11.3 Å². The van der Waals surface area contributed by atoms with Gasteiger partial charge < -0.3 is 0 Å². The van der Waals surface area contributed by atoms with Crippen molar-refractivity contribution in [1.82, 2.24) is 0 Å². The van der Waals surface area contributed by atoms with Gasteiger partial charge in [-0.25, -0.2) is 4.58 Å². The van der Waals surface area contributed by atoms with Crippen LogP contribution in [0.5, 0.6) is 0 Å². The summed E-state index contributed by atoms with van der Waals surface area (Å²) < 4.78 is 2.27. The molecule has 1 aliphatic heterocycles. The molecule has 3 heteroatoms. The van der Waals surface area contributed by atoms with Gasteiger partial charge in [-0.2, -0.15) is 0 Å². The molecule has 0 amide bonds. The fraction of sp³-hybridized carbons (Fsp3) is 0.364. The van der Waals surface area contributed by atoms with Gasteiger partial charge in [0.2, 0.25) is 0 Å². The second-order valence-corrected chi connectivity index (χ2v) is 4.84. The first-order valence-corrected chi connectivity index (χ1v) is 6.01.